The van der Waals surface area contributed by atoms with Gasteiger partial charge in [0.2, 0.25) is 0 Å². The molecule has 3 aromatic carbocycles. The van der Waals surface area contributed by atoms with Crippen LogP contribution in [0.25, 0.3) is 0 Å². The number of ketones is 1. The first kappa shape index (κ1) is 16.3. The molecular weight excluding hydrogens is 324 g/mol. The van der Waals surface area contributed by atoms with Gasteiger partial charge in [0, 0.05) is 17.4 Å². The molecule has 2 atom stereocenters. The van der Waals surface area contributed by atoms with Crippen LogP contribution in [0.15, 0.2) is 91.0 Å². The SMILES string of the molecule is O=C(O)C1(C(=O)c2ccccc2)C(c2ccccc2)C1c1ccccc1. The Bertz CT molecular complexity index is 887. The van der Waals surface area contributed by atoms with Crippen molar-refractivity contribution in [2.75, 3.05) is 0 Å². The fraction of sp³-hybridized carbons (Fsp3) is 0.130. The van der Waals surface area contributed by atoms with E-state index in [-0.39, 0.29) is 17.6 Å². The molecule has 3 nitrogen and oxygen atoms in total. The molecule has 1 fully saturated rings. The predicted octanol–water partition coefficient (Wildman–Crippen LogP) is 4.52. The van der Waals surface area contributed by atoms with Gasteiger partial charge in [-0.2, -0.15) is 0 Å². The van der Waals surface area contributed by atoms with E-state index in [0.717, 1.165) is 11.1 Å². The van der Waals surface area contributed by atoms with Crippen LogP contribution in [0.1, 0.15) is 33.3 Å². The zero-order valence-corrected chi connectivity index (χ0v) is 14.1. The lowest BCUT2D eigenvalue weighted by molar-refractivity contribution is -0.141. The maximum atomic E-state index is 13.4. The van der Waals surface area contributed by atoms with E-state index in [9.17, 15) is 14.7 Å². The average Bonchev–Trinajstić information content (AvgIpc) is 3.41. The van der Waals surface area contributed by atoms with E-state index in [1.165, 1.54) is 0 Å². The minimum atomic E-state index is -1.47. The second kappa shape index (κ2) is 6.26. The van der Waals surface area contributed by atoms with E-state index in [0.29, 0.717) is 5.56 Å². The van der Waals surface area contributed by atoms with Gasteiger partial charge in [-0.05, 0) is 11.1 Å². The van der Waals surface area contributed by atoms with E-state index in [1.54, 1.807) is 24.3 Å². The van der Waals surface area contributed by atoms with Crippen molar-refractivity contribution in [3.63, 3.8) is 0 Å². The highest BCUT2D eigenvalue weighted by Gasteiger charge is 2.75. The molecule has 1 aliphatic carbocycles. The Kier molecular flexibility index (Phi) is 3.92. The van der Waals surface area contributed by atoms with Gasteiger partial charge in [-0.1, -0.05) is 91.0 Å². The normalized spacial score (nSPS) is 24.0. The minimum Gasteiger partial charge on any atom is -0.480 e. The molecule has 1 aliphatic rings. The molecule has 0 heterocycles. The lowest BCUT2D eigenvalue weighted by Gasteiger charge is -2.13. The standard InChI is InChI=1S/C23H18O3/c24-21(18-14-8-3-9-15-18)23(22(25)26)19(16-10-4-1-5-11-16)20(23)17-12-6-2-7-13-17/h1-15,19-20H,(H,25,26). The maximum Gasteiger partial charge on any atom is 0.318 e. The molecule has 1 N–H and O–H groups in total. The minimum absolute atomic E-state index is 0.326. The summed E-state index contributed by atoms with van der Waals surface area (Å²) in [6.07, 6.45) is 0. The maximum absolute atomic E-state index is 13.4. The first-order chi connectivity index (χ1) is 12.7. The number of rotatable bonds is 5. The molecule has 0 spiro atoms. The van der Waals surface area contributed by atoms with Crippen LogP contribution in [0.5, 0.6) is 0 Å². The van der Waals surface area contributed by atoms with Crippen LogP contribution >= 0.6 is 0 Å². The van der Waals surface area contributed by atoms with Gasteiger partial charge < -0.3 is 5.11 Å². The van der Waals surface area contributed by atoms with E-state index >= 15 is 0 Å². The predicted molar refractivity (Wildman–Crippen MR) is 99.2 cm³/mol. The fourth-order valence-corrected chi connectivity index (χ4v) is 4.09. The number of hydrogen-bond acceptors (Lipinski definition) is 2. The number of Topliss-reactive ketones (excluding diaryl/α,β-unsaturated/α-hetero) is 1. The molecule has 0 aromatic heterocycles. The van der Waals surface area contributed by atoms with E-state index < -0.39 is 11.4 Å². The lowest BCUT2D eigenvalue weighted by Crippen LogP contribution is -2.29. The van der Waals surface area contributed by atoms with Crippen molar-refractivity contribution in [1.29, 1.82) is 0 Å². The lowest BCUT2D eigenvalue weighted by atomic mass is 9.88. The molecule has 2 unspecified atom stereocenters. The average molecular weight is 342 g/mol. The summed E-state index contributed by atoms with van der Waals surface area (Å²) >= 11 is 0. The van der Waals surface area contributed by atoms with Gasteiger partial charge in [-0.25, -0.2) is 0 Å². The third kappa shape index (κ3) is 2.36. The zero-order valence-electron chi connectivity index (χ0n) is 14.1. The second-order valence-corrected chi connectivity index (χ2v) is 6.65. The highest BCUT2D eigenvalue weighted by Crippen LogP contribution is 2.71. The van der Waals surface area contributed by atoms with Gasteiger partial charge in [0.1, 0.15) is 5.41 Å². The van der Waals surface area contributed by atoms with Gasteiger partial charge in [-0.15, -0.1) is 0 Å². The third-order valence-electron chi connectivity index (χ3n) is 5.29. The first-order valence-corrected chi connectivity index (χ1v) is 8.60. The van der Waals surface area contributed by atoms with E-state index in [2.05, 4.69) is 0 Å². The van der Waals surface area contributed by atoms with Crippen LogP contribution in [-0.2, 0) is 4.79 Å². The third-order valence-corrected chi connectivity index (χ3v) is 5.29. The van der Waals surface area contributed by atoms with Gasteiger partial charge in [-0.3, -0.25) is 9.59 Å². The number of carboxylic acid groups (broad SMARTS) is 1. The molecule has 26 heavy (non-hydrogen) atoms. The van der Waals surface area contributed by atoms with Crippen molar-refractivity contribution in [3.8, 4) is 0 Å². The number of carbonyl (C=O) groups excluding carboxylic acids is 1. The molecule has 0 saturated heterocycles. The Morgan fingerprint density at radius 2 is 1.04 bits per heavy atom. The van der Waals surface area contributed by atoms with Crippen molar-refractivity contribution in [1.82, 2.24) is 0 Å². The molecular formula is C23H18O3. The highest BCUT2D eigenvalue weighted by atomic mass is 16.4. The molecule has 0 amide bonds. The second-order valence-electron chi connectivity index (χ2n) is 6.65. The zero-order chi connectivity index (χ0) is 18.1. The van der Waals surface area contributed by atoms with Gasteiger partial charge in [0.15, 0.2) is 5.78 Å². The summed E-state index contributed by atoms with van der Waals surface area (Å²) in [6.45, 7) is 0. The number of aliphatic carboxylic acids is 1. The van der Waals surface area contributed by atoms with Crippen LogP contribution < -0.4 is 0 Å². The fourth-order valence-electron chi connectivity index (χ4n) is 4.09. The summed E-state index contributed by atoms with van der Waals surface area (Å²) < 4.78 is 0. The summed E-state index contributed by atoms with van der Waals surface area (Å²) in [4.78, 5) is 25.8. The van der Waals surface area contributed by atoms with Crippen molar-refractivity contribution in [3.05, 3.63) is 108 Å². The Labute approximate surface area is 151 Å². The Morgan fingerprint density at radius 1 is 0.654 bits per heavy atom. The molecule has 3 aromatic rings. The number of hydrogen-bond donors (Lipinski definition) is 1. The summed E-state index contributed by atoms with van der Waals surface area (Å²) in [5.74, 6) is -2.14. The van der Waals surface area contributed by atoms with E-state index in [4.69, 9.17) is 0 Å². The summed E-state index contributed by atoms with van der Waals surface area (Å²) in [5, 5.41) is 10.2. The van der Waals surface area contributed by atoms with Gasteiger partial charge in [0.25, 0.3) is 0 Å². The van der Waals surface area contributed by atoms with Crippen LogP contribution in [0.3, 0.4) is 0 Å². The molecule has 3 heteroatoms. The summed E-state index contributed by atoms with van der Waals surface area (Å²) in [7, 11) is 0. The number of carbonyl (C=O) groups is 2. The Balaban J connectivity index is 1.88. The van der Waals surface area contributed by atoms with Crippen LogP contribution in [0, 0.1) is 5.41 Å². The highest BCUT2D eigenvalue weighted by molar-refractivity contribution is 6.17. The molecule has 1 saturated carbocycles. The smallest absolute Gasteiger partial charge is 0.318 e. The molecule has 0 bridgehead atoms. The van der Waals surface area contributed by atoms with Crippen molar-refractivity contribution in [2.24, 2.45) is 5.41 Å². The van der Waals surface area contributed by atoms with Crippen molar-refractivity contribution < 1.29 is 14.7 Å². The topological polar surface area (TPSA) is 54.4 Å². The van der Waals surface area contributed by atoms with Gasteiger partial charge >= 0.3 is 5.97 Å². The Morgan fingerprint density at radius 3 is 1.42 bits per heavy atom. The Hall–Kier alpha value is -3.20. The van der Waals surface area contributed by atoms with Crippen LogP contribution in [-0.4, -0.2) is 16.9 Å². The van der Waals surface area contributed by atoms with Crippen molar-refractivity contribution >= 4 is 11.8 Å². The van der Waals surface area contributed by atoms with Crippen LogP contribution in [0.4, 0.5) is 0 Å². The number of carboxylic acids is 1. The molecule has 128 valence electrons. The quantitative estimate of drug-likeness (QED) is 0.548. The van der Waals surface area contributed by atoms with E-state index in [1.807, 2.05) is 66.7 Å². The van der Waals surface area contributed by atoms with Gasteiger partial charge in [0.05, 0.1) is 0 Å². The summed E-state index contributed by atoms with van der Waals surface area (Å²) in [6, 6.07) is 27.7. The monoisotopic (exact) mass is 342 g/mol. The molecule has 4 rings (SSSR count). The first-order valence-electron chi connectivity index (χ1n) is 8.60. The molecule has 0 aliphatic heterocycles. The largest absolute Gasteiger partial charge is 0.480 e. The number of benzene rings is 3. The molecule has 0 radical (unpaired) electrons. The van der Waals surface area contributed by atoms with Crippen LogP contribution in [0.2, 0.25) is 0 Å². The summed E-state index contributed by atoms with van der Waals surface area (Å²) in [5.41, 5.74) is 0.736. The van der Waals surface area contributed by atoms with Crippen molar-refractivity contribution in [2.45, 2.75) is 11.8 Å².